The van der Waals surface area contributed by atoms with Crippen LogP contribution in [0.15, 0.2) is 112 Å². The third-order valence-corrected chi connectivity index (χ3v) is 12.3. The molecular formula is C36H42N4O12S3. The Balaban J connectivity index is 1.51. The second kappa shape index (κ2) is 18.2. The van der Waals surface area contributed by atoms with Crippen LogP contribution in [0.1, 0.15) is 22.3 Å². The lowest BCUT2D eigenvalue weighted by atomic mass is 10.0. The number of hydroxylamine groups is 6. The maximum absolute atomic E-state index is 13.7. The van der Waals surface area contributed by atoms with Crippen LogP contribution in [0.25, 0.3) is 0 Å². The van der Waals surface area contributed by atoms with E-state index in [1.54, 1.807) is 50.2 Å². The molecule has 5 rings (SSSR count). The highest BCUT2D eigenvalue weighted by Crippen LogP contribution is 2.23. The van der Waals surface area contributed by atoms with Gasteiger partial charge in [-0.15, -0.1) is 0 Å². The van der Waals surface area contributed by atoms with Crippen LogP contribution in [0.4, 0.5) is 5.69 Å². The molecule has 0 radical (unpaired) electrons. The van der Waals surface area contributed by atoms with Crippen LogP contribution in [0.2, 0.25) is 0 Å². The Hall–Kier alpha value is -4.15. The third-order valence-electron chi connectivity index (χ3n) is 8.51. The summed E-state index contributed by atoms with van der Waals surface area (Å²) in [5.41, 5.74) is 2.83. The standard InChI is InChI=1S/C36H42N4O12S3/c1-28-4-14-34(15-5-28)53(43,44)50-37-20-21-38(51-54(45,46)35-16-6-29(2)7-17-35)27-33(26-31-10-12-32(13-11-31)40(41)42)39(23-25-49-24-22-37)52-55(47,48)36-18-8-30(3)9-19-36/h4-19,33H,20-27H2,1-3H3. The predicted octanol–water partition coefficient (Wildman–Crippen LogP) is 4.33. The third kappa shape index (κ3) is 11.9. The van der Waals surface area contributed by atoms with Gasteiger partial charge in [0.1, 0.15) is 0 Å². The van der Waals surface area contributed by atoms with E-state index in [1.807, 2.05) is 6.92 Å². The molecule has 0 N–H and O–H groups in total. The lowest BCUT2D eigenvalue weighted by Crippen LogP contribution is -2.50. The number of rotatable bonds is 12. The van der Waals surface area contributed by atoms with E-state index in [1.165, 1.54) is 60.7 Å². The smallest absolute Gasteiger partial charge is 0.313 e. The molecule has 0 aliphatic carbocycles. The number of nitro groups is 1. The minimum atomic E-state index is -4.48. The molecule has 1 atom stereocenters. The summed E-state index contributed by atoms with van der Waals surface area (Å²) >= 11 is 0. The van der Waals surface area contributed by atoms with Gasteiger partial charge in [0.05, 0.1) is 38.9 Å². The van der Waals surface area contributed by atoms with Crippen LogP contribution >= 0.6 is 0 Å². The molecule has 0 saturated carbocycles. The second-order valence-corrected chi connectivity index (χ2v) is 17.5. The van der Waals surface area contributed by atoms with Crippen molar-refractivity contribution in [3.8, 4) is 0 Å². The molecule has 1 unspecified atom stereocenters. The van der Waals surface area contributed by atoms with E-state index >= 15 is 0 Å². The first-order valence-corrected chi connectivity index (χ1v) is 21.3. The Labute approximate surface area is 321 Å². The van der Waals surface area contributed by atoms with Gasteiger partial charge in [-0.25, -0.2) is 0 Å². The molecule has 4 aromatic carbocycles. The van der Waals surface area contributed by atoms with Gasteiger partial charge in [0.2, 0.25) is 0 Å². The highest BCUT2D eigenvalue weighted by atomic mass is 32.2. The fourth-order valence-corrected chi connectivity index (χ4v) is 8.39. The van der Waals surface area contributed by atoms with Gasteiger partial charge in [-0.1, -0.05) is 65.2 Å². The van der Waals surface area contributed by atoms with E-state index in [9.17, 15) is 35.4 Å². The van der Waals surface area contributed by atoms with Crippen LogP contribution in [-0.2, 0) is 54.4 Å². The summed E-state index contributed by atoms with van der Waals surface area (Å²) in [5.74, 6) is 0. The monoisotopic (exact) mass is 818 g/mol. The van der Waals surface area contributed by atoms with Crippen molar-refractivity contribution in [2.45, 2.75) is 47.9 Å². The van der Waals surface area contributed by atoms with Gasteiger partial charge in [0.15, 0.2) is 0 Å². The van der Waals surface area contributed by atoms with Gasteiger partial charge in [0.25, 0.3) is 5.69 Å². The molecule has 1 heterocycles. The number of benzene rings is 4. The Morgan fingerprint density at radius 1 is 0.600 bits per heavy atom. The second-order valence-electron chi connectivity index (χ2n) is 12.9. The van der Waals surface area contributed by atoms with Crippen molar-refractivity contribution in [1.29, 1.82) is 0 Å². The van der Waals surface area contributed by atoms with E-state index in [4.69, 9.17) is 17.6 Å². The number of nitrogens with zero attached hydrogens (tertiary/aromatic N) is 4. The van der Waals surface area contributed by atoms with Crippen LogP contribution in [-0.4, -0.2) is 97.3 Å². The molecule has 1 aliphatic heterocycles. The lowest BCUT2D eigenvalue weighted by Gasteiger charge is -2.34. The summed E-state index contributed by atoms with van der Waals surface area (Å²) < 4.78 is 104. The van der Waals surface area contributed by atoms with Gasteiger partial charge in [-0.05, 0) is 69.2 Å². The number of nitro benzene ring substituents is 1. The van der Waals surface area contributed by atoms with E-state index in [0.29, 0.717) is 5.56 Å². The minimum absolute atomic E-state index is 0.00608. The highest BCUT2D eigenvalue weighted by molar-refractivity contribution is 7.87. The van der Waals surface area contributed by atoms with E-state index in [-0.39, 0.29) is 72.7 Å². The number of hydrogen-bond acceptors (Lipinski definition) is 15. The zero-order valence-corrected chi connectivity index (χ0v) is 32.8. The summed E-state index contributed by atoms with van der Waals surface area (Å²) in [4.78, 5) is 10.4. The molecule has 1 fully saturated rings. The average Bonchev–Trinajstić information content (AvgIpc) is 3.12. The van der Waals surface area contributed by atoms with Crippen LogP contribution < -0.4 is 0 Å². The Kier molecular flexibility index (Phi) is 13.9. The van der Waals surface area contributed by atoms with Crippen molar-refractivity contribution in [2.75, 3.05) is 45.9 Å². The highest BCUT2D eigenvalue weighted by Gasteiger charge is 2.32. The molecule has 1 saturated heterocycles. The fraction of sp³-hybridized carbons (Fsp3) is 0.333. The van der Waals surface area contributed by atoms with Crippen molar-refractivity contribution in [3.63, 3.8) is 0 Å². The summed E-state index contributed by atoms with van der Waals surface area (Å²) in [5, 5.41) is 14.7. The molecule has 0 aromatic heterocycles. The van der Waals surface area contributed by atoms with Crippen LogP contribution in [0.3, 0.4) is 0 Å². The van der Waals surface area contributed by atoms with Crippen molar-refractivity contribution in [1.82, 2.24) is 15.2 Å². The molecule has 55 heavy (non-hydrogen) atoms. The Bertz CT molecular complexity index is 2240. The first kappa shape index (κ1) is 42.0. The summed E-state index contributed by atoms with van der Waals surface area (Å²) in [6.45, 7) is 4.15. The first-order valence-electron chi connectivity index (χ1n) is 17.1. The van der Waals surface area contributed by atoms with Crippen molar-refractivity contribution in [2.24, 2.45) is 0 Å². The number of ether oxygens (including phenoxy) is 1. The zero-order chi connectivity index (χ0) is 39.8. The van der Waals surface area contributed by atoms with Crippen LogP contribution in [0.5, 0.6) is 0 Å². The van der Waals surface area contributed by atoms with E-state index in [0.717, 1.165) is 31.9 Å². The SMILES string of the molecule is Cc1ccc(S(=O)(=O)ON2CCOCCN(OS(=O)(=O)c3ccc(C)cc3)C(Cc3ccc([N+](=O)[O-])cc3)CN(OS(=O)(=O)c3ccc(C)cc3)CC2)cc1. The fourth-order valence-electron chi connectivity index (χ4n) is 5.44. The molecule has 0 spiro atoms. The largest absolute Gasteiger partial charge is 0.379 e. The van der Waals surface area contributed by atoms with Crippen LogP contribution in [0, 0.1) is 30.9 Å². The number of non-ortho nitro benzene ring substituents is 1. The van der Waals surface area contributed by atoms with Gasteiger partial charge in [0, 0.05) is 44.9 Å². The average molecular weight is 819 g/mol. The Morgan fingerprint density at radius 3 is 1.49 bits per heavy atom. The quantitative estimate of drug-likeness (QED) is 0.145. The van der Waals surface area contributed by atoms with Crippen molar-refractivity contribution >= 4 is 36.0 Å². The lowest BCUT2D eigenvalue weighted by molar-refractivity contribution is -0.384. The molecule has 1 aliphatic rings. The van der Waals surface area contributed by atoms with Gasteiger partial charge < -0.3 is 4.74 Å². The topological polar surface area (TPSA) is 192 Å². The van der Waals surface area contributed by atoms with Gasteiger partial charge in [-0.3, -0.25) is 10.1 Å². The maximum Gasteiger partial charge on any atom is 0.313 e. The molecule has 0 bridgehead atoms. The van der Waals surface area contributed by atoms with Gasteiger partial charge >= 0.3 is 30.4 Å². The molecule has 4 aromatic rings. The maximum atomic E-state index is 13.7. The number of hydrogen-bond donors (Lipinski definition) is 0. The van der Waals surface area contributed by atoms with Gasteiger partial charge in [-0.2, -0.15) is 53.3 Å². The molecular weight excluding hydrogens is 777 g/mol. The molecule has 19 heteroatoms. The first-order chi connectivity index (χ1) is 26.0. The van der Waals surface area contributed by atoms with E-state index in [2.05, 4.69) is 0 Å². The minimum Gasteiger partial charge on any atom is -0.379 e. The normalized spacial score (nSPS) is 17.6. The summed E-state index contributed by atoms with van der Waals surface area (Å²) in [6.07, 6.45) is -0.00608. The van der Waals surface area contributed by atoms with E-state index < -0.39 is 41.3 Å². The Morgan fingerprint density at radius 2 is 1.02 bits per heavy atom. The number of aryl methyl sites for hydroxylation is 3. The molecule has 0 amide bonds. The summed E-state index contributed by atoms with van der Waals surface area (Å²) in [7, 11) is -13.2. The van der Waals surface area contributed by atoms with Crippen molar-refractivity contribution in [3.05, 3.63) is 129 Å². The van der Waals surface area contributed by atoms with Crippen molar-refractivity contribution < 1.29 is 47.8 Å². The molecule has 296 valence electrons. The predicted molar refractivity (Wildman–Crippen MR) is 200 cm³/mol. The molecule has 16 nitrogen and oxygen atoms in total. The summed E-state index contributed by atoms with van der Waals surface area (Å²) in [6, 6.07) is 22.6. The zero-order valence-electron chi connectivity index (χ0n) is 30.4.